The third-order valence-electron chi connectivity index (χ3n) is 3.97. The van der Waals surface area contributed by atoms with Crippen molar-refractivity contribution in [3.63, 3.8) is 0 Å². The van der Waals surface area contributed by atoms with Crippen LogP contribution in [0.2, 0.25) is 0 Å². The Morgan fingerprint density at radius 3 is 2.74 bits per heavy atom. The van der Waals surface area contributed by atoms with Crippen molar-refractivity contribution in [2.75, 3.05) is 10.6 Å². The van der Waals surface area contributed by atoms with E-state index >= 15 is 0 Å². The number of anilines is 2. The van der Waals surface area contributed by atoms with Crippen molar-refractivity contribution >= 4 is 17.3 Å². The molecule has 1 aliphatic carbocycles. The fourth-order valence-corrected chi connectivity index (χ4v) is 2.99. The number of nitrogens with one attached hydrogen (secondary N) is 2. The van der Waals surface area contributed by atoms with Crippen LogP contribution in [0.3, 0.4) is 0 Å². The highest BCUT2D eigenvalue weighted by Crippen LogP contribution is 2.29. The van der Waals surface area contributed by atoms with E-state index in [1.54, 1.807) is 0 Å². The van der Waals surface area contributed by atoms with E-state index in [0.29, 0.717) is 6.04 Å². The predicted molar refractivity (Wildman–Crippen MR) is 80.4 cm³/mol. The van der Waals surface area contributed by atoms with Crippen molar-refractivity contribution in [1.82, 2.24) is 0 Å². The second kappa shape index (κ2) is 6.60. The van der Waals surface area contributed by atoms with E-state index in [9.17, 15) is 4.79 Å². The lowest BCUT2D eigenvalue weighted by Gasteiger charge is -2.32. The van der Waals surface area contributed by atoms with Crippen LogP contribution in [0.5, 0.6) is 0 Å². The lowest BCUT2D eigenvalue weighted by atomic mass is 9.83. The molecule has 3 nitrogen and oxygen atoms in total. The quantitative estimate of drug-likeness (QED) is 0.858. The van der Waals surface area contributed by atoms with E-state index in [4.69, 9.17) is 0 Å². The van der Waals surface area contributed by atoms with Gasteiger partial charge in [0.25, 0.3) is 0 Å². The summed E-state index contributed by atoms with van der Waals surface area (Å²) in [6.45, 7) is 3.81. The largest absolute Gasteiger partial charge is 0.382 e. The molecule has 3 heteroatoms. The van der Waals surface area contributed by atoms with Crippen molar-refractivity contribution in [3.05, 3.63) is 24.3 Å². The van der Waals surface area contributed by atoms with Gasteiger partial charge in [0, 0.05) is 24.3 Å². The summed E-state index contributed by atoms with van der Waals surface area (Å²) >= 11 is 0. The molecule has 1 aromatic rings. The van der Waals surface area contributed by atoms with Gasteiger partial charge in [0.1, 0.15) is 0 Å². The molecule has 1 aliphatic rings. The van der Waals surface area contributed by atoms with Gasteiger partial charge in [-0.2, -0.15) is 0 Å². The smallest absolute Gasteiger partial charge is 0.221 e. The SMILES string of the molecule is CCC1CCCCC1Nc1cccc(NC(C)=O)c1. The Hall–Kier alpha value is -1.51. The van der Waals surface area contributed by atoms with Gasteiger partial charge in [0.15, 0.2) is 0 Å². The van der Waals surface area contributed by atoms with Crippen LogP contribution in [0.15, 0.2) is 24.3 Å². The molecule has 19 heavy (non-hydrogen) atoms. The summed E-state index contributed by atoms with van der Waals surface area (Å²) in [5.41, 5.74) is 1.97. The van der Waals surface area contributed by atoms with Gasteiger partial charge in [0.2, 0.25) is 5.91 Å². The van der Waals surface area contributed by atoms with Gasteiger partial charge in [-0.15, -0.1) is 0 Å². The van der Waals surface area contributed by atoms with Crippen LogP contribution in [0.4, 0.5) is 11.4 Å². The third kappa shape index (κ3) is 3.98. The number of rotatable bonds is 4. The molecule has 0 heterocycles. The second-order valence-corrected chi connectivity index (χ2v) is 5.47. The summed E-state index contributed by atoms with van der Waals surface area (Å²) in [4.78, 5) is 11.1. The number of carbonyl (C=O) groups excluding carboxylic acids is 1. The molecular formula is C16H24N2O. The van der Waals surface area contributed by atoms with E-state index in [1.165, 1.54) is 39.0 Å². The first-order chi connectivity index (χ1) is 9.19. The molecule has 1 amide bonds. The summed E-state index contributed by atoms with van der Waals surface area (Å²) in [5, 5.41) is 6.47. The molecule has 1 fully saturated rings. The molecule has 0 bridgehead atoms. The molecule has 0 saturated heterocycles. The normalized spacial score (nSPS) is 22.8. The first-order valence-corrected chi connectivity index (χ1v) is 7.33. The minimum absolute atomic E-state index is 0.0266. The topological polar surface area (TPSA) is 41.1 Å². The standard InChI is InChI=1S/C16H24N2O/c1-3-13-7-4-5-10-16(13)18-15-9-6-8-14(11-15)17-12(2)19/h6,8-9,11,13,16,18H,3-5,7,10H2,1-2H3,(H,17,19). The Morgan fingerprint density at radius 1 is 1.26 bits per heavy atom. The number of amides is 1. The second-order valence-electron chi connectivity index (χ2n) is 5.47. The summed E-state index contributed by atoms with van der Waals surface area (Å²) in [7, 11) is 0. The van der Waals surface area contributed by atoms with Gasteiger partial charge in [-0.05, 0) is 37.0 Å². The van der Waals surface area contributed by atoms with Crippen molar-refractivity contribution in [3.8, 4) is 0 Å². The lowest BCUT2D eigenvalue weighted by Crippen LogP contribution is -2.31. The van der Waals surface area contributed by atoms with Crippen LogP contribution in [-0.2, 0) is 4.79 Å². The van der Waals surface area contributed by atoms with Crippen LogP contribution in [-0.4, -0.2) is 11.9 Å². The van der Waals surface area contributed by atoms with E-state index < -0.39 is 0 Å². The summed E-state index contributed by atoms with van der Waals surface area (Å²) in [6, 6.07) is 8.57. The van der Waals surface area contributed by atoms with Crippen LogP contribution in [0.25, 0.3) is 0 Å². The van der Waals surface area contributed by atoms with Crippen molar-refractivity contribution < 1.29 is 4.79 Å². The molecule has 2 unspecified atom stereocenters. The maximum atomic E-state index is 11.1. The van der Waals surface area contributed by atoms with E-state index in [2.05, 4.69) is 23.6 Å². The Labute approximate surface area is 115 Å². The Kier molecular flexibility index (Phi) is 4.83. The van der Waals surface area contributed by atoms with E-state index in [0.717, 1.165) is 17.3 Å². The molecule has 2 N–H and O–H groups in total. The van der Waals surface area contributed by atoms with Gasteiger partial charge in [0.05, 0.1) is 0 Å². The zero-order valence-corrected chi connectivity index (χ0v) is 11.9. The third-order valence-corrected chi connectivity index (χ3v) is 3.97. The first kappa shape index (κ1) is 13.9. The number of hydrogen-bond donors (Lipinski definition) is 2. The fraction of sp³-hybridized carbons (Fsp3) is 0.562. The first-order valence-electron chi connectivity index (χ1n) is 7.33. The molecule has 0 spiro atoms. The van der Waals surface area contributed by atoms with Crippen LogP contribution in [0.1, 0.15) is 46.0 Å². The maximum absolute atomic E-state index is 11.1. The van der Waals surface area contributed by atoms with E-state index in [1.807, 2.05) is 18.2 Å². The number of carbonyl (C=O) groups is 1. The Balaban J connectivity index is 2.03. The van der Waals surface area contributed by atoms with Crippen LogP contribution >= 0.6 is 0 Å². The van der Waals surface area contributed by atoms with E-state index in [-0.39, 0.29) is 5.91 Å². The monoisotopic (exact) mass is 260 g/mol. The van der Waals surface area contributed by atoms with Crippen molar-refractivity contribution in [1.29, 1.82) is 0 Å². The summed E-state index contributed by atoms with van der Waals surface area (Å²) in [5.74, 6) is 0.749. The zero-order chi connectivity index (χ0) is 13.7. The summed E-state index contributed by atoms with van der Waals surface area (Å²) < 4.78 is 0. The van der Waals surface area contributed by atoms with Gasteiger partial charge in [-0.3, -0.25) is 4.79 Å². The van der Waals surface area contributed by atoms with Gasteiger partial charge >= 0.3 is 0 Å². The molecule has 2 rings (SSSR count). The molecule has 1 aromatic carbocycles. The van der Waals surface area contributed by atoms with Crippen molar-refractivity contribution in [2.24, 2.45) is 5.92 Å². The average Bonchev–Trinajstić information content (AvgIpc) is 2.39. The molecule has 2 atom stereocenters. The highest BCUT2D eigenvalue weighted by Gasteiger charge is 2.23. The molecule has 1 saturated carbocycles. The highest BCUT2D eigenvalue weighted by molar-refractivity contribution is 5.89. The fourth-order valence-electron chi connectivity index (χ4n) is 2.99. The molecular weight excluding hydrogens is 236 g/mol. The minimum atomic E-state index is -0.0266. The van der Waals surface area contributed by atoms with Gasteiger partial charge < -0.3 is 10.6 Å². The maximum Gasteiger partial charge on any atom is 0.221 e. The minimum Gasteiger partial charge on any atom is -0.382 e. The molecule has 0 radical (unpaired) electrons. The van der Waals surface area contributed by atoms with Crippen LogP contribution < -0.4 is 10.6 Å². The lowest BCUT2D eigenvalue weighted by molar-refractivity contribution is -0.114. The van der Waals surface area contributed by atoms with Crippen LogP contribution in [0, 0.1) is 5.92 Å². The number of benzene rings is 1. The molecule has 0 aromatic heterocycles. The zero-order valence-electron chi connectivity index (χ0n) is 11.9. The Bertz CT molecular complexity index is 431. The van der Waals surface area contributed by atoms with Gasteiger partial charge in [-0.25, -0.2) is 0 Å². The molecule has 0 aliphatic heterocycles. The number of hydrogen-bond acceptors (Lipinski definition) is 2. The highest BCUT2D eigenvalue weighted by atomic mass is 16.1. The molecule has 104 valence electrons. The average molecular weight is 260 g/mol. The van der Waals surface area contributed by atoms with Crippen molar-refractivity contribution in [2.45, 2.75) is 52.0 Å². The summed E-state index contributed by atoms with van der Waals surface area (Å²) in [6.07, 6.45) is 6.51. The predicted octanol–water partition coefficient (Wildman–Crippen LogP) is 4.03. The Morgan fingerprint density at radius 2 is 2.00 bits per heavy atom. The van der Waals surface area contributed by atoms with Gasteiger partial charge in [-0.1, -0.05) is 32.3 Å².